The molecular weight excluding hydrogens is 870 g/mol. The van der Waals surface area contributed by atoms with Crippen LogP contribution in [0.25, 0.3) is 20.4 Å². The molecule has 2 aliphatic rings. The zero-order valence-electron chi connectivity index (χ0n) is 33.4. The Morgan fingerprint density at radius 1 is 0.855 bits per heavy atom. The van der Waals surface area contributed by atoms with E-state index in [0.29, 0.717) is 67.3 Å². The first-order chi connectivity index (χ1) is 29.4. The Bertz CT molecular complexity index is 2870. The number of likely N-dealkylation sites (tertiary alicyclic amines) is 1. The highest BCUT2D eigenvalue weighted by molar-refractivity contribution is 7.89. The van der Waals surface area contributed by atoms with Gasteiger partial charge >= 0.3 is 6.36 Å². The summed E-state index contributed by atoms with van der Waals surface area (Å²) in [5.41, 5.74) is 17.1. The van der Waals surface area contributed by atoms with Gasteiger partial charge in [0.1, 0.15) is 26.0 Å². The third-order valence-electron chi connectivity index (χ3n) is 11.0. The highest BCUT2D eigenvalue weighted by atomic mass is 32.2. The van der Waals surface area contributed by atoms with Gasteiger partial charge in [0.15, 0.2) is 0 Å². The molecule has 2 fully saturated rings. The molecule has 0 spiro atoms. The van der Waals surface area contributed by atoms with Gasteiger partial charge in [-0.1, -0.05) is 34.2 Å². The minimum Gasteiger partial charge on any atom is -0.406 e. The number of aryl methyl sites for hydroxylation is 3. The van der Waals surface area contributed by atoms with E-state index in [9.17, 15) is 36.0 Å². The molecule has 62 heavy (non-hydrogen) atoms. The molecule has 2 atom stereocenters. The highest BCUT2D eigenvalue weighted by Gasteiger charge is 2.37. The van der Waals surface area contributed by atoms with E-state index >= 15 is 0 Å². The van der Waals surface area contributed by atoms with E-state index in [1.54, 1.807) is 40.8 Å². The Balaban J connectivity index is 1.01. The molecule has 0 aliphatic carbocycles. The number of benzene rings is 2. The summed E-state index contributed by atoms with van der Waals surface area (Å²) in [6.07, 6.45) is -4.06. The number of nitrogens with zero attached hydrogens (tertiary/aromatic N) is 6. The van der Waals surface area contributed by atoms with E-state index in [0.717, 1.165) is 56.8 Å². The molecule has 22 heteroatoms. The van der Waals surface area contributed by atoms with Crippen molar-refractivity contribution >= 4 is 82.2 Å². The van der Waals surface area contributed by atoms with Gasteiger partial charge in [-0.05, 0) is 80.7 Å². The molecule has 2 saturated heterocycles. The number of nitrogens with two attached hydrogens (primary N) is 2. The van der Waals surface area contributed by atoms with Crippen molar-refractivity contribution in [3.63, 3.8) is 0 Å². The van der Waals surface area contributed by atoms with Crippen molar-refractivity contribution in [2.75, 3.05) is 37.6 Å². The highest BCUT2D eigenvalue weighted by Crippen LogP contribution is 2.38. The van der Waals surface area contributed by atoms with Gasteiger partial charge in [0.05, 0.1) is 32.9 Å². The van der Waals surface area contributed by atoms with Crippen LogP contribution >= 0.6 is 22.7 Å². The van der Waals surface area contributed by atoms with Gasteiger partial charge in [-0.25, -0.2) is 8.42 Å². The zero-order chi connectivity index (χ0) is 44.2. The van der Waals surface area contributed by atoms with Crippen molar-refractivity contribution in [2.24, 2.45) is 0 Å². The summed E-state index contributed by atoms with van der Waals surface area (Å²) in [6.45, 7) is 6.34. The lowest BCUT2D eigenvalue weighted by molar-refractivity contribution is -0.720. The van der Waals surface area contributed by atoms with E-state index in [1.807, 2.05) is 19.9 Å². The second kappa shape index (κ2) is 16.4. The maximum Gasteiger partial charge on any atom is 0.573 e. The number of hydrogen-bond donors (Lipinski definition) is 4. The number of sulfonamides is 1. The van der Waals surface area contributed by atoms with Crippen molar-refractivity contribution in [2.45, 2.75) is 63.5 Å². The SMILES string of the molecule is Cc1nnc2sc(C(=O)N3CCC(NC(=O)c4ccccc4)C3)c(N)c2c1C[n+]1nc(C)c(C)c2c(N)c(C(=O)NC3CCN(S(=O)(=O)c4ccc(OC(F)(F)F)cc4)C3)sc21. The van der Waals surface area contributed by atoms with Crippen molar-refractivity contribution in [3.05, 3.63) is 92.4 Å². The van der Waals surface area contributed by atoms with Crippen LogP contribution in [0.15, 0.2) is 59.5 Å². The molecule has 0 saturated carbocycles. The normalized spacial score (nSPS) is 17.2. The van der Waals surface area contributed by atoms with Crippen molar-refractivity contribution in [3.8, 4) is 5.75 Å². The Kier molecular flexibility index (Phi) is 11.3. The molecule has 2 aromatic carbocycles. The van der Waals surface area contributed by atoms with E-state index in [1.165, 1.54) is 0 Å². The predicted molar refractivity (Wildman–Crippen MR) is 225 cm³/mol. The summed E-state index contributed by atoms with van der Waals surface area (Å²) in [4.78, 5) is 43.6. The Morgan fingerprint density at radius 3 is 2.23 bits per heavy atom. The number of nitrogens with one attached hydrogen (secondary N) is 2. The maximum atomic E-state index is 13.9. The number of carbonyl (C=O) groups is 3. The summed E-state index contributed by atoms with van der Waals surface area (Å²) in [5, 5.41) is 20.7. The lowest BCUT2D eigenvalue weighted by Crippen LogP contribution is -2.40. The van der Waals surface area contributed by atoms with Crippen LogP contribution in [0.2, 0.25) is 0 Å². The van der Waals surface area contributed by atoms with Crippen LogP contribution in [0.3, 0.4) is 0 Å². The van der Waals surface area contributed by atoms with Crippen LogP contribution in [-0.2, 0) is 16.6 Å². The number of amides is 3. The molecule has 16 nitrogen and oxygen atoms in total. The molecular formula is C40H40F3N10O6S3+. The lowest BCUT2D eigenvalue weighted by Gasteiger charge is -2.17. The third-order valence-corrected chi connectivity index (χ3v) is 15.2. The van der Waals surface area contributed by atoms with E-state index in [4.69, 9.17) is 16.6 Å². The second-order valence-electron chi connectivity index (χ2n) is 15.1. The Hall–Kier alpha value is -5.97. The molecule has 4 aromatic heterocycles. The topological polar surface area (TPSA) is 220 Å². The predicted octanol–water partition coefficient (Wildman–Crippen LogP) is 4.46. The standard InChI is InChI=1S/C40H39F3N10O6S3/c1-20-21(2)50-53(19-28-22(3)48-49-37-30(28)32(45)34(60-37)38(56)51-15-13-24(17-51)46-35(54)23-7-5-4-6-8-23)39-29(20)31(44)33(61-39)36(55)47-25-14-16-52(18-25)62(57,58)27-11-9-26(10-12-27)59-40(41,42)43/h4-12,24-25H,13-19H2,1-3H3,(H5-,44,45,46,47,54,55,56)/p+1. The van der Waals surface area contributed by atoms with Crippen LogP contribution in [0, 0.1) is 20.8 Å². The smallest absolute Gasteiger partial charge is 0.406 e. The van der Waals surface area contributed by atoms with Crippen LogP contribution < -0.4 is 31.5 Å². The molecule has 2 unspecified atom stereocenters. The zero-order valence-corrected chi connectivity index (χ0v) is 35.9. The molecule has 6 aromatic rings. The largest absolute Gasteiger partial charge is 0.573 e. The first kappa shape index (κ1) is 42.7. The fourth-order valence-corrected chi connectivity index (χ4v) is 11.4. The number of alkyl halides is 3. The number of halogens is 3. The summed E-state index contributed by atoms with van der Waals surface area (Å²) < 4.78 is 71.2. The first-order valence-corrected chi connectivity index (χ1v) is 22.4. The number of anilines is 2. The number of nitrogen functional groups attached to an aromatic ring is 2. The van der Waals surface area contributed by atoms with E-state index < -0.39 is 34.1 Å². The molecule has 2 aliphatic heterocycles. The lowest BCUT2D eigenvalue weighted by atomic mass is 10.1. The molecule has 8 rings (SSSR count). The Labute approximate surface area is 360 Å². The summed E-state index contributed by atoms with van der Waals surface area (Å²) >= 11 is 2.26. The maximum absolute atomic E-state index is 13.9. The van der Waals surface area contributed by atoms with Crippen LogP contribution in [0.4, 0.5) is 24.5 Å². The van der Waals surface area contributed by atoms with Crippen LogP contribution in [-0.4, -0.2) is 95.3 Å². The fourth-order valence-electron chi connectivity index (χ4n) is 7.73. The molecule has 3 amide bonds. The van der Waals surface area contributed by atoms with Crippen LogP contribution in [0.1, 0.15) is 65.1 Å². The molecule has 6 N–H and O–H groups in total. The van der Waals surface area contributed by atoms with Crippen molar-refractivity contribution in [1.29, 1.82) is 0 Å². The molecule has 0 bridgehead atoms. The van der Waals surface area contributed by atoms with Gasteiger partial charge in [-0.2, -0.15) is 9.40 Å². The Morgan fingerprint density at radius 2 is 1.52 bits per heavy atom. The van der Waals surface area contributed by atoms with Gasteiger partial charge in [-0.15, -0.1) is 29.6 Å². The number of ether oxygens (including phenoxy) is 1. The fraction of sp³-hybridized carbons (Fsp3) is 0.325. The summed E-state index contributed by atoms with van der Waals surface area (Å²) in [6, 6.07) is 12.0. The van der Waals surface area contributed by atoms with Crippen molar-refractivity contribution < 1.29 is 45.4 Å². The van der Waals surface area contributed by atoms with Gasteiger partial charge in [0.25, 0.3) is 22.6 Å². The number of thiophene rings is 2. The minimum atomic E-state index is -4.92. The molecule has 0 radical (unpaired) electrons. The average Bonchev–Trinajstić information content (AvgIpc) is 4.04. The minimum absolute atomic E-state index is 0.0660. The van der Waals surface area contributed by atoms with E-state index in [-0.39, 0.29) is 65.1 Å². The van der Waals surface area contributed by atoms with Gasteiger partial charge in [0, 0.05) is 49.2 Å². The number of rotatable bonds is 10. The number of hydrogen-bond acceptors (Lipinski definition) is 13. The monoisotopic (exact) mass is 909 g/mol. The molecule has 6 heterocycles. The first-order valence-electron chi connectivity index (χ1n) is 19.3. The number of carbonyl (C=O) groups excluding carboxylic acids is 3. The molecule has 324 valence electrons. The van der Waals surface area contributed by atoms with Crippen molar-refractivity contribution in [1.82, 2.24) is 35.1 Å². The van der Waals surface area contributed by atoms with Crippen LogP contribution in [0.5, 0.6) is 5.75 Å². The summed E-state index contributed by atoms with van der Waals surface area (Å²) in [7, 11) is -4.09. The summed E-state index contributed by atoms with van der Waals surface area (Å²) in [5.74, 6) is -1.55. The third kappa shape index (κ3) is 8.21. The average molecular weight is 910 g/mol. The van der Waals surface area contributed by atoms with Gasteiger partial charge in [0.2, 0.25) is 16.6 Å². The quantitative estimate of drug-likeness (QED) is 0.141. The number of fused-ring (bicyclic) bond motifs is 2. The second-order valence-corrected chi connectivity index (χ2v) is 19.0. The van der Waals surface area contributed by atoms with E-state index in [2.05, 4.69) is 25.6 Å². The van der Waals surface area contributed by atoms with Gasteiger partial charge in [-0.3, -0.25) is 14.4 Å². The number of aromatic nitrogens is 4. The van der Waals surface area contributed by atoms with Gasteiger partial charge < -0.3 is 31.7 Å².